The molecule has 88 valence electrons. The molecule has 1 aliphatic rings. The Kier molecular flexibility index (Phi) is 2.35. The molecular formula is C13H15N3O. The molecule has 1 aromatic carbocycles. The number of rotatable bonds is 3. The first-order valence-electron chi connectivity index (χ1n) is 5.92. The first-order valence-corrected chi connectivity index (χ1v) is 5.92. The summed E-state index contributed by atoms with van der Waals surface area (Å²) < 4.78 is 5.30. The molecule has 1 aromatic heterocycles. The van der Waals surface area contributed by atoms with Gasteiger partial charge in [-0.2, -0.15) is 4.98 Å². The van der Waals surface area contributed by atoms with Gasteiger partial charge in [-0.1, -0.05) is 17.3 Å². The van der Waals surface area contributed by atoms with Gasteiger partial charge in [0.2, 0.25) is 0 Å². The lowest BCUT2D eigenvalue weighted by Gasteiger charge is -2.03. The van der Waals surface area contributed by atoms with Gasteiger partial charge in [-0.3, -0.25) is 0 Å². The smallest absolute Gasteiger partial charge is 0.260 e. The number of hydrogen-bond acceptors (Lipinski definition) is 4. The van der Waals surface area contributed by atoms with Crippen LogP contribution >= 0.6 is 0 Å². The Labute approximate surface area is 99.8 Å². The van der Waals surface area contributed by atoms with E-state index in [0.717, 1.165) is 29.3 Å². The molecule has 1 aliphatic carbocycles. The fourth-order valence-electron chi connectivity index (χ4n) is 2.00. The second kappa shape index (κ2) is 3.87. The fourth-order valence-corrected chi connectivity index (χ4v) is 2.00. The van der Waals surface area contributed by atoms with Gasteiger partial charge in [0.05, 0.1) is 5.56 Å². The largest absolute Gasteiger partial charge is 0.398 e. The highest BCUT2D eigenvalue weighted by molar-refractivity contribution is 5.73. The maximum atomic E-state index is 5.95. The average Bonchev–Trinajstić information content (AvgIpc) is 2.97. The summed E-state index contributed by atoms with van der Waals surface area (Å²) in [5, 5.41) is 4.01. The van der Waals surface area contributed by atoms with Gasteiger partial charge < -0.3 is 10.3 Å². The molecule has 0 radical (unpaired) electrons. The molecule has 0 bridgehead atoms. The van der Waals surface area contributed by atoms with Crippen molar-refractivity contribution in [2.45, 2.75) is 26.2 Å². The van der Waals surface area contributed by atoms with E-state index in [-0.39, 0.29) is 0 Å². The topological polar surface area (TPSA) is 64.9 Å². The predicted molar refractivity (Wildman–Crippen MR) is 65.3 cm³/mol. The predicted octanol–water partition coefficient (Wildman–Crippen LogP) is 2.58. The van der Waals surface area contributed by atoms with Gasteiger partial charge in [0.25, 0.3) is 5.89 Å². The molecule has 2 N–H and O–H groups in total. The number of nitrogens with two attached hydrogens (primary N) is 1. The molecular weight excluding hydrogens is 214 g/mol. The van der Waals surface area contributed by atoms with Crippen molar-refractivity contribution < 1.29 is 4.52 Å². The lowest BCUT2D eigenvalue weighted by molar-refractivity contribution is 0.421. The number of hydrogen-bond donors (Lipinski definition) is 1. The highest BCUT2D eigenvalue weighted by atomic mass is 16.5. The minimum absolute atomic E-state index is 0.538. The van der Waals surface area contributed by atoms with E-state index in [2.05, 4.69) is 10.1 Å². The van der Waals surface area contributed by atoms with Crippen molar-refractivity contribution in [2.75, 3.05) is 5.73 Å². The Morgan fingerprint density at radius 2 is 2.24 bits per heavy atom. The van der Waals surface area contributed by atoms with Crippen molar-refractivity contribution in [1.82, 2.24) is 10.1 Å². The van der Waals surface area contributed by atoms with Crippen molar-refractivity contribution >= 4 is 5.69 Å². The second-order valence-corrected chi connectivity index (χ2v) is 4.70. The number of benzene rings is 1. The van der Waals surface area contributed by atoms with Gasteiger partial charge in [-0.25, -0.2) is 0 Å². The third-order valence-electron chi connectivity index (χ3n) is 3.16. The Hall–Kier alpha value is -1.84. The molecule has 1 fully saturated rings. The molecule has 4 nitrogen and oxygen atoms in total. The lowest BCUT2D eigenvalue weighted by Crippen LogP contribution is -1.94. The van der Waals surface area contributed by atoms with Crippen molar-refractivity contribution in [1.29, 1.82) is 0 Å². The maximum Gasteiger partial charge on any atom is 0.260 e. The van der Waals surface area contributed by atoms with Crippen LogP contribution in [0.2, 0.25) is 0 Å². The summed E-state index contributed by atoms with van der Waals surface area (Å²) in [7, 11) is 0. The third kappa shape index (κ3) is 2.02. The van der Waals surface area contributed by atoms with Gasteiger partial charge in [0.1, 0.15) is 0 Å². The normalized spacial score (nSPS) is 15.1. The van der Waals surface area contributed by atoms with E-state index in [1.807, 2.05) is 25.1 Å². The van der Waals surface area contributed by atoms with E-state index in [1.165, 1.54) is 12.8 Å². The average molecular weight is 229 g/mol. The van der Waals surface area contributed by atoms with Gasteiger partial charge in [-0.15, -0.1) is 0 Å². The summed E-state index contributed by atoms with van der Waals surface area (Å²) in [4.78, 5) is 4.42. The zero-order valence-electron chi connectivity index (χ0n) is 9.81. The van der Waals surface area contributed by atoms with Crippen molar-refractivity contribution in [2.24, 2.45) is 5.92 Å². The number of nitrogen functional groups attached to an aromatic ring is 1. The van der Waals surface area contributed by atoms with E-state index in [9.17, 15) is 0 Å². The molecule has 0 aliphatic heterocycles. The van der Waals surface area contributed by atoms with Crippen LogP contribution in [0.5, 0.6) is 0 Å². The quantitative estimate of drug-likeness (QED) is 0.821. The zero-order valence-corrected chi connectivity index (χ0v) is 9.81. The standard InChI is InChI=1S/C13H15N3O/c1-8-3-2-4-10(14)12(8)13-15-11(16-17-13)7-9-5-6-9/h2-4,9H,5-7,14H2,1H3. The van der Waals surface area contributed by atoms with Crippen LogP contribution in [0.4, 0.5) is 5.69 Å². The molecule has 1 heterocycles. The van der Waals surface area contributed by atoms with E-state index in [4.69, 9.17) is 10.3 Å². The minimum atomic E-state index is 0.538. The van der Waals surface area contributed by atoms with E-state index >= 15 is 0 Å². The highest BCUT2D eigenvalue weighted by Gasteiger charge is 2.24. The molecule has 0 saturated heterocycles. The fraction of sp³-hybridized carbons (Fsp3) is 0.385. The minimum Gasteiger partial charge on any atom is -0.398 e. The first kappa shape index (κ1) is 10.3. The Morgan fingerprint density at radius 1 is 1.41 bits per heavy atom. The van der Waals surface area contributed by atoms with Crippen LogP contribution in [-0.4, -0.2) is 10.1 Å². The van der Waals surface area contributed by atoms with Gasteiger partial charge in [0.15, 0.2) is 5.82 Å². The van der Waals surface area contributed by atoms with Gasteiger partial charge in [0, 0.05) is 12.1 Å². The number of aryl methyl sites for hydroxylation is 1. The van der Waals surface area contributed by atoms with Crippen molar-refractivity contribution in [3.8, 4) is 11.5 Å². The van der Waals surface area contributed by atoms with Crippen LogP contribution in [0.1, 0.15) is 24.2 Å². The number of aromatic nitrogens is 2. The maximum absolute atomic E-state index is 5.95. The van der Waals surface area contributed by atoms with Gasteiger partial charge in [-0.05, 0) is 37.3 Å². The molecule has 2 aromatic rings. The SMILES string of the molecule is Cc1cccc(N)c1-c1nc(CC2CC2)no1. The molecule has 4 heteroatoms. The number of nitrogens with zero attached hydrogens (tertiary/aromatic N) is 2. The summed E-state index contributed by atoms with van der Waals surface area (Å²) in [6, 6.07) is 5.78. The molecule has 0 spiro atoms. The van der Waals surface area contributed by atoms with Gasteiger partial charge >= 0.3 is 0 Å². The zero-order chi connectivity index (χ0) is 11.8. The summed E-state index contributed by atoms with van der Waals surface area (Å²) in [6.45, 7) is 2.00. The first-order chi connectivity index (χ1) is 8.24. The molecule has 0 atom stereocenters. The van der Waals surface area contributed by atoms with Crippen LogP contribution in [0.15, 0.2) is 22.7 Å². The molecule has 0 amide bonds. The summed E-state index contributed by atoms with van der Waals surface area (Å²) in [6.07, 6.45) is 3.50. The van der Waals surface area contributed by atoms with E-state index in [1.54, 1.807) is 0 Å². The van der Waals surface area contributed by atoms with Crippen molar-refractivity contribution in [3.05, 3.63) is 29.6 Å². The monoisotopic (exact) mass is 229 g/mol. The second-order valence-electron chi connectivity index (χ2n) is 4.70. The lowest BCUT2D eigenvalue weighted by atomic mass is 10.1. The van der Waals surface area contributed by atoms with E-state index < -0.39 is 0 Å². The molecule has 17 heavy (non-hydrogen) atoms. The summed E-state index contributed by atoms with van der Waals surface area (Å²) >= 11 is 0. The van der Waals surface area contributed by atoms with Crippen LogP contribution in [0.25, 0.3) is 11.5 Å². The van der Waals surface area contributed by atoms with Crippen LogP contribution < -0.4 is 5.73 Å². The molecule has 1 saturated carbocycles. The van der Waals surface area contributed by atoms with Crippen LogP contribution in [0.3, 0.4) is 0 Å². The van der Waals surface area contributed by atoms with E-state index in [0.29, 0.717) is 11.6 Å². The number of anilines is 1. The molecule has 3 rings (SSSR count). The van der Waals surface area contributed by atoms with Crippen LogP contribution in [0, 0.1) is 12.8 Å². The Morgan fingerprint density at radius 3 is 2.94 bits per heavy atom. The Bertz CT molecular complexity index is 523. The molecule has 0 unspecified atom stereocenters. The third-order valence-corrected chi connectivity index (χ3v) is 3.16. The van der Waals surface area contributed by atoms with Crippen molar-refractivity contribution in [3.63, 3.8) is 0 Å². The Balaban J connectivity index is 1.94. The summed E-state index contributed by atoms with van der Waals surface area (Å²) in [5.41, 5.74) is 8.56. The highest BCUT2D eigenvalue weighted by Crippen LogP contribution is 2.33. The summed E-state index contributed by atoms with van der Waals surface area (Å²) in [5.74, 6) is 2.09. The van der Waals surface area contributed by atoms with Crippen LogP contribution in [-0.2, 0) is 6.42 Å².